The molecular formula is C18H21F4N3O. The molecule has 0 heterocycles. The minimum absolute atomic E-state index is 0.0690. The number of nitrogens with zero attached hydrogens (tertiary/aromatic N) is 1. The van der Waals surface area contributed by atoms with Gasteiger partial charge in [-0.1, -0.05) is 12.1 Å². The Balaban J connectivity index is 1.90. The number of allylic oxidation sites excluding steroid dienone is 2. The zero-order valence-electron chi connectivity index (χ0n) is 14.2. The molecule has 1 saturated carbocycles. The van der Waals surface area contributed by atoms with E-state index in [-0.39, 0.29) is 36.6 Å². The van der Waals surface area contributed by atoms with E-state index in [2.05, 4.69) is 10.3 Å². The molecule has 142 valence electrons. The molecule has 0 atom stereocenters. The number of carbonyl (C=O) groups excluding carboxylic acids is 1. The van der Waals surface area contributed by atoms with E-state index < -0.39 is 17.7 Å². The van der Waals surface area contributed by atoms with Crippen molar-refractivity contribution in [3.8, 4) is 0 Å². The van der Waals surface area contributed by atoms with E-state index in [1.54, 1.807) is 6.07 Å². The number of para-hydroxylation sites is 1. The molecule has 0 aliphatic heterocycles. The summed E-state index contributed by atoms with van der Waals surface area (Å²) >= 11 is 0. The van der Waals surface area contributed by atoms with Crippen LogP contribution in [0.3, 0.4) is 0 Å². The van der Waals surface area contributed by atoms with E-state index in [9.17, 15) is 22.4 Å². The first kappa shape index (κ1) is 19.9. The van der Waals surface area contributed by atoms with Crippen LogP contribution in [0.2, 0.25) is 0 Å². The molecule has 0 spiro atoms. The maximum atomic E-state index is 13.5. The second-order valence-electron chi connectivity index (χ2n) is 6.06. The van der Waals surface area contributed by atoms with Crippen LogP contribution in [0.5, 0.6) is 0 Å². The van der Waals surface area contributed by atoms with Gasteiger partial charge >= 0.3 is 6.18 Å². The molecule has 4 nitrogen and oxygen atoms in total. The molecular weight excluding hydrogens is 350 g/mol. The van der Waals surface area contributed by atoms with Gasteiger partial charge in [0.2, 0.25) is 5.91 Å². The SMILES string of the molecule is NC(=C1CCCCC1=NCCCC(=O)Nc1ccccc1F)C(F)(F)F. The van der Waals surface area contributed by atoms with Crippen LogP contribution < -0.4 is 11.1 Å². The third-order valence-electron chi connectivity index (χ3n) is 4.08. The Hall–Kier alpha value is -2.38. The number of halogens is 4. The van der Waals surface area contributed by atoms with E-state index in [4.69, 9.17) is 5.73 Å². The van der Waals surface area contributed by atoms with E-state index in [0.717, 1.165) is 6.42 Å². The number of anilines is 1. The maximum absolute atomic E-state index is 13.5. The highest BCUT2D eigenvalue weighted by atomic mass is 19.4. The summed E-state index contributed by atoms with van der Waals surface area (Å²) in [6.45, 7) is 0.217. The van der Waals surface area contributed by atoms with Crippen LogP contribution in [0.4, 0.5) is 23.2 Å². The second kappa shape index (κ2) is 8.82. The molecule has 1 aliphatic rings. The minimum atomic E-state index is -4.56. The monoisotopic (exact) mass is 371 g/mol. The molecule has 2 rings (SSSR count). The van der Waals surface area contributed by atoms with Crippen molar-refractivity contribution < 1.29 is 22.4 Å². The molecule has 1 aliphatic carbocycles. The number of alkyl halides is 3. The number of rotatable bonds is 5. The lowest BCUT2D eigenvalue weighted by Gasteiger charge is -2.20. The largest absolute Gasteiger partial charge is 0.431 e. The van der Waals surface area contributed by atoms with Gasteiger partial charge in [0, 0.05) is 24.3 Å². The third-order valence-corrected chi connectivity index (χ3v) is 4.08. The van der Waals surface area contributed by atoms with Crippen molar-refractivity contribution in [3.05, 3.63) is 41.4 Å². The van der Waals surface area contributed by atoms with Crippen LogP contribution >= 0.6 is 0 Å². The Bertz CT molecular complexity index is 711. The zero-order chi connectivity index (χ0) is 19.2. The lowest BCUT2D eigenvalue weighted by Crippen LogP contribution is -2.26. The smallest absolute Gasteiger partial charge is 0.394 e. The highest BCUT2D eigenvalue weighted by Gasteiger charge is 2.35. The van der Waals surface area contributed by atoms with Crippen LogP contribution in [0.15, 0.2) is 40.5 Å². The maximum Gasteiger partial charge on any atom is 0.431 e. The molecule has 26 heavy (non-hydrogen) atoms. The first-order valence-electron chi connectivity index (χ1n) is 8.43. The summed E-state index contributed by atoms with van der Waals surface area (Å²) in [7, 11) is 0. The number of aliphatic imine (C=N–C) groups is 1. The van der Waals surface area contributed by atoms with E-state index in [1.165, 1.54) is 18.2 Å². The van der Waals surface area contributed by atoms with Crippen molar-refractivity contribution in [1.29, 1.82) is 0 Å². The fraction of sp³-hybridized carbons (Fsp3) is 0.444. The molecule has 1 aromatic rings. The van der Waals surface area contributed by atoms with Crippen molar-refractivity contribution in [2.75, 3.05) is 11.9 Å². The van der Waals surface area contributed by atoms with Gasteiger partial charge in [-0.05, 0) is 44.2 Å². The average molecular weight is 371 g/mol. The number of hydrogen-bond donors (Lipinski definition) is 2. The van der Waals surface area contributed by atoms with Crippen molar-refractivity contribution in [1.82, 2.24) is 0 Å². The first-order valence-corrected chi connectivity index (χ1v) is 8.43. The summed E-state index contributed by atoms with van der Waals surface area (Å²) in [4.78, 5) is 16.0. The molecule has 0 unspecified atom stereocenters. The van der Waals surface area contributed by atoms with E-state index in [0.29, 0.717) is 25.0 Å². The molecule has 0 bridgehead atoms. The van der Waals surface area contributed by atoms with Gasteiger partial charge in [0.25, 0.3) is 0 Å². The Morgan fingerprint density at radius 1 is 1.19 bits per heavy atom. The molecule has 8 heteroatoms. The van der Waals surface area contributed by atoms with Gasteiger partial charge in [0.1, 0.15) is 11.5 Å². The summed E-state index contributed by atoms with van der Waals surface area (Å²) in [6, 6.07) is 5.81. The highest BCUT2D eigenvalue weighted by molar-refractivity contribution is 6.01. The molecule has 1 aromatic carbocycles. The molecule has 1 amide bonds. The van der Waals surface area contributed by atoms with Crippen LogP contribution in [-0.2, 0) is 4.79 Å². The second-order valence-corrected chi connectivity index (χ2v) is 6.06. The van der Waals surface area contributed by atoms with Gasteiger partial charge in [-0.2, -0.15) is 13.2 Å². The predicted molar refractivity (Wildman–Crippen MR) is 92.3 cm³/mol. The summed E-state index contributed by atoms with van der Waals surface area (Å²) in [5.41, 5.74) is 4.71. The van der Waals surface area contributed by atoms with Crippen LogP contribution in [0.1, 0.15) is 38.5 Å². The molecule has 0 saturated heterocycles. The number of benzene rings is 1. The number of nitrogens with two attached hydrogens (primary N) is 1. The Morgan fingerprint density at radius 2 is 1.88 bits per heavy atom. The Morgan fingerprint density at radius 3 is 2.58 bits per heavy atom. The number of amides is 1. The first-order chi connectivity index (χ1) is 12.3. The van der Waals surface area contributed by atoms with Gasteiger partial charge in [-0.25, -0.2) is 4.39 Å². The summed E-state index contributed by atoms with van der Waals surface area (Å²) < 4.78 is 51.9. The topological polar surface area (TPSA) is 67.5 Å². The molecule has 3 N–H and O–H groups in total. The van der Waals surface area contributed by atoms with Gasteiger partial charge in [0.15, 0.2) is 0 Å². The van der Waals surface area contributed by atoms with Gasteiger partial charge in [-0.3, -0.25) is 9.79 Å². The van der Waals surface area contributed by atoms with Gasteiger partial charge in [0.05, 0.1) is 5.69 Å². The third kappa shape index (κ3) is 5.57. The van der Waals surface area contributed by atoms with E-state index >= 15 is 0 Å². The number of nitrogens with one attached hydrogen (secondary N) is 1. The van der Waals surface area contributed by atoms with Gasteiger partial charge in [-0.15, -0.1) is 0 Å². The standard InChI is InChI=1S/C18H21F4N3O/c19-13-7-2-4-9-15(13)25-16(26)10-5-11-24-14-8-3-1-6-12(14)17(23)18(20,21)22/h2,4,7,9H,1,3,5-6,8,10-11,23H2,(H,25,26). The Labute approximate surface area is 149 Å². The average Bonchev–Trinajstić information content (AvgIpc) is 2.59. The van der Waals surface area contributed by atoms with Gasteiger partial charge < -0.3 is 11.1 Å². The van der Waals surface area contributed by atoms with Crippen molar-refractivity contribution >= 4 is 17.3 Å². The quantitative estimate of drug-likeness (QED) is 0.597. The highest BCUT2D eigenvalue weighted by Crippen LogP contribution is 2.30. The molecule has 0 radical (unpaired) electrons. The van der Waals surface area contributed by atoms with Crippen LogP contribution in [0, 0.1) is 5.82 Å². The normalized spacial score (nSPS) is 18.7. The van der Waals surface area contributed by atoms with E-state index in [1.807, 2.05) is 0 Å². The minimum Gasteiger partial charge on any atom is -0.394 e. The zero-order valence-corrected chi connectivity index (χ0v) is 14.2. The summed E-state index contributed by atoms with van der Waals surface area (Å²) in [6.07, 6.45) is -1.99. The number of carbonyl (C=O) groups is 1. The number of hydrogen-bond acceptors (Lipinski definition) is 3. The predicted octanol–water partition coefficient (Wildman–Crippen LogP) is 4.33. The lowest BCUT2D eigenvalue weighted by atomic mass is 9.91. The van der Waals surface area contributed by atoms with Crippen molar-refractivity contribution in [2.24, 2.45) is 10.7 Å². The summed E-state index contributed by atoms with van der Waals surface area (Å²) in [5.74, 6) is -0.898. The molecule has 0 aromatic heterocycles. The van der Waals surface area contributed by atoms with Crippen molar-refractivity contribution in [3.63, 3.8) is 0 Å². The van der Waals surface area contributed by atoms with Crippen molar-refractivity contribution in [2.45, 2.75) is 44.7 Å². The van der Waals surface area contributed by atoms with Crippen LogP contribution in [0.25, 0.3) is 0 Å². The Kier molecular flexibility index (Phi) is 6.76. The van der Waals surface area contributed by atoms with Crippen LogP contribution in [-0.4, -0.2) is 24.3 Å². The molecule has 1 fully saturated rings. The fourth-order valence-corrected chi connectivity index (χ4v) is 2.75. The lowest BCUT2D eigenvalue weighted by molar-refractivity contribution is -0.116. The fourth-order valence-electron chi connectivity index (χ4n) is 2.75. The summed E-state index contributed by atoms with van der Waals surface area (Å²) in [5, 5.41) is 2.46.